The first-order valence-electron chi connectivity index (χ1n) is 5.75. The molecule has 0 spiro atoms. The summed E-state index contributed by atoms with van der Waals surface area (Å²) in [5.41, 5.74) is 7.27. The van der Waals surface area contributed by atoms with Crippen molar-refractivity contribution in [2.75, 3.05) is 5.73 Å². The van der Waals surface area contributed by atoms with Gasteiger partial charge in [-0.15, -0.1) is 0 Å². The maximum atomic E-state index is 6.06. The van der Waals surface area contributed by atoms with E-state index in [-0.39, 0.29) is 11.7 Å². The Balaban J connectivity index is 2.06. The molecule has 8 heteroatoms. The minimum absolute atomic E-state index is 0.234. The summed E-state index contributed by atoms with van der Waals surface area (Å²) < 4.78 is 5.19. The third-order valence-corrected chi connectivity index (χ3v) is 3.42. The van der Waals surface area contributed by atoms with E-state index in [0.717, 1.165) is 0 Å². The van der Waals surface area contributed by atoms with Crippen LogP contribution >= 0.6 is 34.8 Å². The first kappa shape index (κ1) is 14.1. The van der Waals surface area contributed by atoms with Gasteiger partial charge in [0, 0.05) is 16.9 Å². The quantitative estimate of drug-likeness (QED) is 0.701. The number of nitrogens with two attached hydrogens (primary N) is 1. The number of nitrogens with zero attached hydrogens (tertiary/aromatic N) is 3. The number of nitrogen functional groups attached to an aromatic ring is 1. The molecule has 2 heterocycles. The van der Waals surface area contributed by atoms with Gasteiger partial charge in [-0.2, -0.15) is 4.98 Å². The summed E-state index contributed by atoms with van der Waals surface area (Å²) in [6.07, 6.45) is 1.45. The SMILES string of the molecule is Nc1ccc(Cl)cc1-c1nc(-c2ncc(Cl)cc2Cl)no1. The van der Waals surface area contributed by atoms with Crippen LogP contribution in [0.4, 0.5) is 5.69 Å². The third-order valence-electron chi connectivity index (χ3n) is 2.69. The summed E-state index contributed by atoms with van der Waals surface area (Å²) in [4.78, 5) is 8.33. The van der Waals surface area contributed by atoms with Gasteiger partial charge in [0.15, 0.2) is 0 Å². The monoisotopic (exact) mass is 340 g/mol. The maximum Gasteiger partial charge on any atom is 0.260 e. The topological polar surface area (TPSA) is 77.8 Å². The summed E-state index contributed by atoms with van der Waals surface area (Å²) in [6.45, 7) is 0. The van der Waals surface area contributed by atoms with Crippen LogP contribution in [0.5, 0.6) is 0 Å². The fourth-order valence-corrected chi connectivity index (χ4v) is 2.36. The van der Waals surface area contributed by atoms with Gasteiger partial charge in [0.25, 0.3) is 5.89 Å². The molecule has 2 aromatic heterocycles. The lowest BCUT2D eigenvalue weighted by molar-refractivity contribution is 0.432. The lowest BCUT2D eigenvalue weighted by atomic mass is 10.2. The first-order valence-corrected chi connectivity index (χ1v) is 6.88. The second-order valence-corrected chi connectivity index (χ2v) is 5.42. The van der Waals surface area contributed by atoms with Crippen molar-refractivity contribution in [1.29, 1.82) is 0 Å². The molecular weight excluding hydrogens is 335 g/mol. The predicted octanol–water partition coefficient (Wildman–Crippen LogP) is 4.34. The maximum absolute atomic E-state index is 6.06. The average Bonchev–Trinajstić information content (AvgIpc) is 2.91. The van der Waals surface area contributed by atoms with Crippen LogP contribution in [0.1, 0.15) is 0 Å². The zero-order valence-electron chi connectivity index (χ0n) is 10.3. The van der Waals surface area contributed by atoms with Gasteiger partial charge < -0.3 is 10.3 Å². The Kier molecular flexibility index (Phi) is 3.71. The van der Waals surface area contributed by atoms with E-state index in [0.29, 0.717) is 32.0 Å². The Morgan fingerprint density at radius 2 is 1.86 bits per heavy atom. The highest BCUT2D eigenvalue weighted by molar-refractivity contribution is 6.35. The van der Waals surface area contributed by atoms with Crippen LogP contribution in [-0.4, -0.2) is 15.1 Å². The zero-order chi connectivity index (χ0) is 15.0. The highest BCUT2D eigenvalue weighted by Gasteiger charge is 2.16. The molecule has 106 valence electrons. The second-order valence-electron chi connectivity index (χ2n) is 4.14. The second kappa shape index (κ2) is 5.52. The summed E-state index contributed by atoms with van der Waals surface area (Å²) in [5, 5.41) is 5.12. The van der Waals surface area contributed by atoms with Crippen molar-refractivity contribution in [3.63, 3.8) is 0 Å². The Hall–Kier alpha value is -1.82. The molecule has 0 saturated heterocycles. The standard InChI is InChI=1S/C13H7Cl3N4O/c14-6-1-2-10(17)8(3-6)13-19-12(20-21-13)11-9(16)4-7(15)5-18-11/h1-5H,17H2. The van der Waals surface area contributed by atoms with Gasteiger partial charge in [-0.1, -0.05) is 40.0 Å². The molecule has 0 aliphatic rings. The fraction of sp³-hybridized carbons (Fsp3) is 0. The van der Waals surface area contributed by atoms with Gasteiger partial charge in [-0.3, -0.25) is 0 Å². The molecule has 2 N–H and O–H groups in total. The van der Waals surface area contributed by atoms with Crippen LogP contribution in [0.25, 0.3) is 23.0 Å². The molecule has 0 aliphatic heterocycles. The van der Waals surface area contributed by atoms with Crippen molar-refractivity contribution in [3.8, 4) is 23.0 Å². The molecule has 3 rings (SSSR count). The summed E-state index contributed by atoms with van der Waals surface area (Å²) >= 11 is 17.8. The molecule has 0 fully saturated rings. The molecule has 3 aromatic rings. The minimum atomic E-state index is 0.234. The van der Waals surface area contributed by atoms with E-state index in [9.17, 15) is 0 Å². The largest absolute Gasteiger partial charge is 0.398 e. The van der Waals surface area contributed by atoms with Crippen LogP contribution in [0.2, 0.25) is 15.1 Å². The Bertz CT molecular complexity index is 819. The van der Waals surface area contributed by atoms with Crippen LogP contribution in [-0.2, 0) is 0 Å². The number of benzene rings is 1. The molecule has 0 radical (unpaired) electrons. The highest BCUT2D eigenvalue weighted by Crippen LogP contribution is 2.31. The van der Waals surface area contributed by atoms with Crippen molar-refractivity contribution < 1.29 is 4.52 Å². The van der Waals surface area contributed by atoms with Crippen LogP contribution in [0.15, 0.2) is 35.0 Å². The Morgan fingerprint density at radius 3 is 2.62 bits per heavy atom. The fourth-order valence-electron chi connectivity index (χ4n) is 1.72. The van der Waals surface area contributed by atoms with E-state index >= 15 is 0 Å². The summed E-state index contributed by atoms with van der Waals surface area (Å²) in [5.74, 6) is 0.476. The van der Waals surface area contributed by atoms with Gasteiger partial charge in [-0.05, 0) is 24.3 Å². The number of anilines is 1. The van der Waals surface area contributed by atoms with Crippen molar-refractivity contribution in [1.82, 2.24) is 15.1 Å². The molecule has 0 saturated carbocycles. The van der Waals surface area contributed by atoms with Gasteiger partial charge in [0.1, 0.15) is 5.69 Å². The average molecular weight is 342 g/mol. The van der Waals surface area contributed by atoms with Gasteiger partial charge >= 0.3 is 0 Å². The van der Waals surface area contributed by atoms with E-state index in [1.807, 2.05) is 0 Å². The minimum Gasteiger partial charge on any atom is -0.398 e. The molecule has 0 bridgehead atoms. The van der Waals surface area contributed by atoms with E-state index < -0.39 is 0 Å². The number of hydrogen-bond donors (Lipinski definition) is 1. The van der Waals surface area contributed by atoms with Crippen molar-refractivity contribution in [2.24, 2.45) is 0 Å². The zero-order valence-corrected chi connectivity index (χ0v) is 12.6. The molecule has 0 atom stereocenters. The number of aromatic nitrogens is 3. The molecule has 5 nitrogen and oxygen atoms in total. The predicted molar refractivity (Wildman–Crippen MR) is 82.4 cm³/mol. The number of rotatable bonds is 2. The van der Waals surface area contributed by atoms with Crippen LogP contribution < -0.4 is 5.73 Å². The Labute approximate surface area is 134 Å². The lowest BCUT2D eigenvalue weighted by Crippen LogP contribution is -1.90. The summed E-state index contributed by atoms with van der Waals surface area (Å²) in [7, 11) is 0. The van der Waals surface area contributed by atoms with E-state index in [2.05, 4.69) is 15.1 Å². The number of pyridine rings is 1. The van der Waals surface area contributed by atoms with Gasteiger partial charge in [0.2, 0.25) is 5.82 Å². The normalized spacial score (nSPS) is 10.8. The lowest BCUT2D eigenvalue weighted by Gasteiger charge is -2.00. The van der Waals surface area contributed by atoms with E-state index in [1.165, 1.54) is 6.20 Å². The number of hydrogen-bond acceptors (Lipinski definition) is 5. The molecule has 1 aromatic carbocycles. The van der Waals surface area contributed by atoms with Crippen molar-refractivity contribution in [3.05, 3.63) is 45.5 Å². The number of halogens is 3. The summed E-state index contributed by atoms with van der Waals surface area (Å²) in [6, 6.07) is 6.53. The highest BCUT2D eigenvalue weighted by atomic mass is 35.5. The molecule has 0 aliphatic carbocycles. The van der Waals surface area contributed by atoms with Crippen molar-refractivity contribution >= 4 is 40.5 Å². The Morgan fingerprint density at radius 1 is 1.05 bits per heavy atom. The smallest absolute Gasteiger partial charge is 0.260 e. The molecule has 0 amide bonds. The van der Waals surface area contributed by atoms with E-state index in [4.69, 9.17) is 45.1 Å². The first-order chi connectivity index (χ1) is 10.0. The van der Waals surface area contributed by atoms with E-state index in [1.54, 1.807) is 24.3 Å². The molecule has 0 unspecified atom stereocenters. The molecular formula is C13H7Cl3N4O. The van der Waals surface area contributed by atoms with Crippen molar-refractivity contribution in [2.45, 2.75) is 0 Å². The van der Waals surface area contributed by atoms with Gasteiger partial charge in [-0.25, -0.2) is 4.98 Å². The molecule has 21 heavy (non-hydrogen) atoms. The third kappa shape index (κ3) is 2.81. The van der Waals surface area contributed by atoms with Gasteiger partial charge in [0.05, 0.1) is 15.6 Å². The van der Waals surface area contributed by atoms with Crippen LogP contribution in [0, 0.1) is 0 Å². The van der Waals surface area contributed by atoms with Crippen LogP contribution in [0.3, 0.4) is 0 Å².